The number of fused-ring (bicyclic) bond motifs is 1. The van der Waals surface area contributed by atoms with Crippen LogP contribution >= 0.6 is 0 Å². The van der Waals surface area contributed by atoms with Gasteiger partial charge in [-0.25, -0.2) is 0 Å². The van der Waals surface area contributed by atoms with Gasteiger partial charge in [0.05, 0.1) is 14.2 Å². The fraction of sp³-hybridized carbons (Fsp3) is 0.105. The second-order valence-corrected chi connectivity index (χ2v) is 4.96. The standard InChI is InChI=1S/C19H16O3/c1-21-15-10-14(11-16(12-15)22-2)19(20)18-9-5-7-13-6-3-4-8-17(13)18/h3-12H,1-2H3. The molecule has 22 heavy (non-hydrogen) atoms. The Morgan fingerprint density at radius 3 is 2.14 bits per heavy atom. The van der Waals surface area contributed by atoms with E-state index in [0.717, 1.165) is 10.8 Å². The van der Waals surface area contributed by atoms with E-state index in [9.17, 15) is 4.79 Å². The third kappa shape index (κ3) is 2.53. The Balaban J connectivity index is 2.14. The second kappa shape index (κ2) is 5.90. The quantitative estimate of drug-likeness (QED) is 0.679. The molecule has 0 spiro atoms. The highest BCUT2D eigenvalue weighted by atomic mass is 16.5. The molecule has 0 fully saturated rings. The SMILES string of the molecule is COc1cc(OC)cc(C(=O)c2cccc3ccccc23)c1. The molecule has 0 aliphatic carbocycles. The van der Waals surface area contributed by atoms with E-state index in [4.69, 9.17) is 9.47 Å². The van der Waals surface area contributed by atoms with Crippen LogP contribution in [-0.2, 0) is 0 Å². The summed E-state index contributed by atoms with van der Waals surface area (Å²) >= 11 is 0. The summed E-state index contributed by atoms with van der Waals surface area (Å²) in [7, 11) is 3.14. The van der Waals surface area contributed by atoms with Crippen LogP contribution < -0.4 is 9.47 Å². The molecular formula is C19H16O3. The zero-order chi connectivity index (χ0) is 15.5. The van der Waals surface area contributed by atoms with Gasteiger partial charge in [-0.1, -0.05) is 42.5 Å². The van der Waals surface area contributed by atoms with Gasteiger partial charge < -0.3 is 9.47 Å². The summed E-state index contributed by atoms with van der Waals surface area (Å²) in [6, 6.07) is 18.8. The number of hydrogen-bond acceptors (Lipinski definition) is 3. The number of benzene rings is 3. The van der Waals surface area contributed by atoms with E-state index in [1.54, 1.807) is 32.4 Å². The summed E-state index contributed by atoms with van der Waals surface area (Å²) < 4.78 is 10.5. The molecule has 0 amide bonds. The molecule has 0 unspecified atom stereocenters. The largest absolute Gasteiger partial charge is 0.497 e. The minimum absolute atomic E-state index is 0.0472. The zero-order valence-corrected chi connectivity index (χ0v) is 12.5. The first-order valence-electron chi connectivity index (χ1n) is 6.98. The molecule has 110 valence electrons. The summed E-state index contributed by atoms with van der Waals surface area (Å²) in [4.78, 5) is 12.9. The number of carbonyl (C=O) groups excluding carboxylic acids is 1. The summed E-state index contributed by atoms with van der Waals surface area (Å²) in [5.74, 6) is 1.15. The van der Waals surface area contributed by atoms with E-state index < -0.39 is 0 Å². The molecule has 3 nitrogen and oxygen atoms in total. The van der Waals surface area contributed by atoms with Gasteiger partial charge in [0.1, 0.15) is 11.5 Å². The Bertz CT molecular complexity index is 809. The van der Waals surface area contributed by atoms with Gasteiger partial charge in [0.2, 0.25) is 0 Å². The average Bonchev–Trinajstić information content (AvgIpc) is 2.60. The van der Waals surface area contributed by atoms with Gasteiger partial charge in [0.25, 0.3) is 0 Å². The average molecular weight is 292 g/mol. The summed E-state index contributed by atoms with van der Waals surface area (Å²) in [5, 5.41) is 1.99. The van der Waals surface area contributed by atoms with Gasteiger partial charge in [-0.2, -0.15) is 0 Å². The van der Waals surface area contributed by atoms with Gasteiger partial charge in [-0.3, -0.25) is 4.79 Å². The molecule has 0 atom stereocenters. The Kier molecular flexibility index (Phi) is 3.79. The molecule has 0 bridgehead atoms. The van der Waals surface area contributed by atoms with Crippen molar-refractivity contribution in [1.82, 2.24) is 0 Å². The van der Waals surface area contributed by atoms with Gasteiger partial charge in [-0.05, 0) is 22.9 Å². The van der Waals surface area contributed by atoms with Gasteiger partial charge in [-0.15, -0.1) is 0 Å². The highest BCUT2D eigenvalue weighted by molar-refractivity contribution is 6.16. The first-order chi connectivity index (χ1) is 10.7. The van der Waals surface area contributed by atoms with Crippen molar-refractivity contribution in [2.45, 2.75) is 0 Å². The number of ketones is 1. The molecule has 0 N–H and O–H groups in total. The maximum absolute atomic E-state index is 12.9. The van der Waals surface area contributed by atoms with Crippen molar-refractivity contribution in [3.8, 4) is 11.5 Å². The van der Waals surface area contributed by atoms with Crippen LogP contribution in [0.3, 0.4) is 0 Å². The molecule has 0 aromatic heterocycles. The van der Waals surface area contributed by atoms with Crippen LogP contribution in [0.15, 0.2) is 60.7 Å². The lowest BCUT2D eigenvalue weighted by Gasteiger charge is -2.09. The Morgan fingerprint density at radius 1 is 0.818 bits per heavy atom. The van der Waals surface area contributed by atoms with Gasteiger partial charge >= 0.3 is 0 Å². The van der Waals surface area contributed by atoms with Crippen molar-refractivity contribution in [3.63, 3.8) is 0 Å². The summed E-state index contributed by atoms with van der Waals surface area (Å²) in [5.41, 5.74) is 1.22. The minimum atomic E-state index is -0.0472. The molecule has 0 aliphatic rings. The molecule has 3 heteroatoms. The predicted molar refractivity (Wildman–Crippen MR) is 86.9 cm³/mol. The van der Waals surface area contributed by atoms with Crippen molar-refractivity contribution >= 4 is 16.6 Å². The lowest BCUT2D eigenvalue weighted by molar-refractivity contribution is 0.103. The van der Waals surface area contributed by atoms with E-state index in [-0.39, 0.29) is 5.78 Å². The number of ether oxygens (including phenoxy) is 2. The monoisotopic (exact) mass is 292 g/mol. The van der Waals surface area contributed by atoms with Crippen LogP contribution in [0.4, 0.5) is 0 Å². The third-order valence-corrected chi connectivity index (χ3v) is 3.65. The van der Waals surface area contributed by atoms with Crippen molar-refractivity contribution < 1.29 is 14.3 Å². The topological polar surface area (TPSA) is 35.5 Å². The fourth-order valence-corrected chi connectivity index (χ4v) is 2.52. The first kappa shape index (κ1) is 14.1. The minimum Gasteiger partial charge on any atom is -0.497 e. The van der Waals surface area contributed by atoms with Crippen molar-refractivity contribution in [2.24, 2.45) is 0 Å². The molecule has 0 aliphatic heterocycles. The van der Waals surface area contributed by atoms with Crippen LogP contribution in [0, 0.1) is 0 Å². The number of rotatable bonds is 4. The first-order valence-corrected chi connectivity index (χ1v) is 6.98. The smallest absolute Gasteiger partial charge is 0.193 e. The number of carbonyl (C=O) groups is 1. The van der Waals surface area contributed by atoms with Crippen LogP contribution in [0.2, 0.25) is 0 Å². The van der Waals surface area contributed by atoms with Crippen molar-refractivity contribution in [2.75, 3.05) is 14.2 Å². The fourth-order valence-electron chi connectivity index (χ4n) is 2.52. The molecule has 0 heterocycles. The van der Waals surface area contributed by atoms with E-state index in [1.807, 2.05) is 42.5 Å². The van der Waals surface area contributed by atoms with Crippen LogP contribution in [0.1, 0.15) is 15.9 Å². The summed E-state index contributed by atoms with van der Waals surface area (Å²) in [6.07, 6.45) is 0. The van der Waals surface area contributed by atoms with Gasteiger partial charge in [0.15, 0.2) is 5.78 Å². The van der Waals surface area contributed by atoms with Crippen LogP contribution in [-0.4, -0.2) is 20.0 Å². The highest BCUT2D eigenvalue weighted by Crippen LogP contribution is 2.26. The van der Waals surface area contributed by atoms with Crippen molar-refractivity contribution in [1.29, 1.82) is 0 Å². The van der Waals surface area contributed by atoms with Crippen LogP contribution in [0.5, 0.6) is 11.5 Å². The number of hydrogen-bond donors (Lipinski definition) is 0. The molecule has 3 aromatic rings. The molecule has 3 aromatic carbocycles. The second-order valence-electron chi connectivity index (χ2n) is 4.96. The third-order valence-electron chi connectivity index (χ3n) is 3.65. The van der Waals surface area contributed by atoms with E-state index in [0.29, 0.717) is 22.6 Å². The predicted octanol–water partition coefficient (Wildman–Crippen LogP) is 4.09. The Morgan fingerprint density at radius 2 is 1.45 bits per heavy atom. The Hall–Kier alpha value is -2.81. The van der Waals surface area contributed by atoms with Crippen molar-refractivity contribution in [3.05, 3.63) is 71.8 Å². The molecular weight excluding hydrogens is 276 g/mol. The lowest BCUT2D eigenvalue weighted by Crippen LogP contribution is -2.03. The Labute approximate surface area is 129 Å². The lowest BCUT2D eigenvalue weighted by atomic mass is 9.97. The highest BCUT2D eigenvalue weighted by Gasteiger charge is 2.14. The zero-order valence-electron chi connectivity index (χ0n) is 12.5. The molecule has 0 radical (unpaired) electrons. The maximum Gasteiger partial charge on any atom is 0.193 e. The normalized spacial score (nSPS) is 10.5. The summed E-state index contributed by atoms with van der Waals surface area (Å²) in [6.45, 7) is 0. The molecule has 3 rings (SSSR count). The van der Waals surface area contributed by atoms with E-state index >= 15 is 0 Å². The molecule has 0 saturated carbocycles. The van der Waals surface area contributed by atoms with E-state index in [1.165, 1.54) is 0 Å². The maximum atomic E-state index is 12.9. The van der Waals surface area contributed by atoms with E-state index in [2.05, 4.69) is 0 Å². The van der Waals surface area contributed by atoms with Crippen LogP contribution in [0.25, 0.3) is 10.8 Å². The van der Waals surface area contributed by atoms with Gasteiger partial charge in [0, 0.05) is 17.2 Å². The number of methoxy groups -OCH3 is 2. The molecule has 0 saturated heterocycles.